The quantitative estimate of drug-likeness (QED) is 0.291. The molecule has 39 heavy (non-hydrogen) atoms. The molecular formula is C32H30N4O3. The maximum Gasteiger partial charge on any atom is 0.252 e. The Balaban J connectivity index is 1.21. The van der Waals surface area contributed by atoms with Gasteiger partial charge in [-0.15, -0.1) is 0 Å². The van der Waals surface area contributed by atoms with Crippen molar-refractivity contribution in [2.24, 2.45) is 0 Å². The number of rotatable bonds is 7. The van der Waals surface area contributed by atoms with Crippen molar-refractivity contribution in [3.8, 4) is 17.2 Å². The van der Waals surface area contributed by atoms with E-state index in [1.165, 1.54) is 0 Å². The van der Waals surface area contributed by atoms with E-state index in [1.54, 1.807) is 6.20 Å². The Bertz CT molecular complexity index is 1690. The van der Waals surface area contributed by atoms with Gasteiger partial charge >= 0.3 is 0 Å². The predicted molar refractivity (Wildman–Crippen MR) is 151 cm³/mol. The summed E-state index contributed by atoms with van der Waals surface area (Å²) in [6.45, 7) is 3.70. The third-order valence-electron chi connectivity index (χ3n) is 8.21. The van der Waals surface area contributed by atoms with Gasteiger partial charge in [-0.1, -0.05) is 24.3 Å². The fourth-order valence-corrected chi connectivity index (χ4v) is 5.48. The van der Waals surface area contributed by atoms with Crippen molar-refractivity contribution in [1.82, 2.24) is 20.2 Å². The second-order valence-corrected chi connectivity index (χ2v) is 10.8. The molecule has 2 aromatic heterocycles. The Labute approximate surface area is 226 Å². The van der Waals surface area contributed by atoms with Gasteiger partial charge in [-0.3, -0.25) is 14.7 Å². The van der Waals surface area contributed by atoms with Gasteiger partial charge in [-0.25, -0.2) is 4.98 Å². The normalized spacial score (nSPS) is 18.2. The van der Waals surface area contributed by atoms with Crippen molar-refractivity contribution >= 4 is 27.9 Å². The van der Waals surface area contributed by atoms with Crippen molar-refractivity contribution in [2.75, 3.05) is 20.2 Å². The molecule has 2 fully saturated rings. The highest BCUT2D eigenvalue weighted by atomic mass is 16.5. The summed E-state index contributed by atoms with van der Waals surface area (Å²) >= 11 is 0. The van der Waals surface area contributed by atoms with E-state index >= 15 is 0 Å². The largest absolute Gasteiger partial charge is 0.492 e. The van der Waals surface area contributed by atoms with Crippen LogP contribution in [-0.2, 0) is 5.54 Å². The van der Waals surface area contributed by atoms with Crippen LogP contribution in [0.15, 0.2) is 77.3 Å². The molecule has 3 heterocycles. The summed E-state index contributed by atoms with van der Waals surface area (Å²) < 4.78 is 12.1. The number of aromatic nitrogens is 2. The van der Waals surface area contributed by atoms with Gasteiger partial charge in [-0.2, -0.15) is 0 Å². The van der Waals surface area contributed by atoms with E-state index in [2.05, 4.69) is 34.4 Å². The highest BCUT2D eigenvalue weighted by Gasteiger charge is 2.47. The van der Waals surface area contributed by atoms with E-state index in [1.807, 2.05) is 61.5 Å². The van der Waals surface area contributed by atoms with Gasteiger partial charge in [0.05, 0.1) is 11.1 Å². The van der Waals surface area contributed by atoms with Gasteiger partial charge in [0.1, 0.15) is 17.9 Å². The molecule has 0 radical (unpaired) electrons. The number of carbonyl (C=O) groups excluding carboxylic acids is 1. The van der Waals surface area contributed by atoms with Crippen molar-refractivity contribution in [2.45, 2.75) is 37.8 Å². The molecule has 1 atom stereocenters. The lowest BCUT2D eigenvalue weighted by Crippen LogP contribution is -2.48. The Morgan fingerprint density at radius 2 is 1.97 bits per heavy atom. The molecule has 1 amide bonds. The highest BCUT2D eigenvalue weighted by molar-refractivity contribution is 5.98. The van der Waals surface area contributed by atoms with Gasteiger partial charge < -0.3 is 14.5 Å². The second kappa shape index (κ2) is 9.20. The lowest BCUT2D eigenvalue weighted by atomic mass is 9.95. The molecular weight excluding hydrogens is 488 g/mol. The fourth-order valence-electron chi connectivity index (χ4n) is 5.48. The first-order chi connectivity index (χ1) is 19.0. The number of nitrogens with one attached hydrogen (secondary N) is 1. The first-order valence-electron chi connectivity index (χ1n) is 13.5. The fraction of sp³-hybridized carbons (Fsp3) is 0.281. The predicted octanol–water partition coefficient (Wildman–Crippen LogP) is 5.85. The minimum absolute atomic E-state index is 0.0967. The molecule has 0 bridgehead atoms. The van der Waals surface area contributed by atoms with Crippen LogP contribution in [0.4, 0.5) is 0 Å². The van der Waals surface area contributed by atoms with Crippen LogP contribution in [0, 0.1) is 6.92 Å². The SMILES string of the molecule is Cc1ccc(OC[C@@H]2CCN2C)cc1C(=O)NC1(c2cc(-c3nc4ccccc4o3)cc3ncccc23)CC1. The average Bonchev–Trinajstić information content (AvgIpc) is 3.59. The summed E-state index contributed by atoms with van der Waals surface area (Å²) in [5.41, 5.74) is 5.37. The third-order valence-corrected chi connectivity index (χ3v) is 8.21. The zero-order valence-electron chi connectivity index (χ0n) is 22.1. The summed E-state index contributed by atoms with van der Waals surface area (Å²) in [7, 11) is 2.11. The van der Waals surface area contributed by atoms with E-state index in [-0.39, 0.29) is 5.91 Å². The second-order valence-electron chi connectivity index (χ2n) is 10.8. The number of carbonyl (C=O) groups is 1. The Morgan fingerprint density at radius 3 is 2.74 bits per heavy atom. The molecule has 7 nitrogen and oxygen atoms in total. The van der Waals surface area contributed by atoms with Crippen molar-refractivity contribution < 1.29 is 13.9 Å². The smallest absolute Gasteiger partial charge is 0.252 e. The number of likely N-dealkylation sites (N-methyl/N-ethyl adjacent to an activating group) is 1. The Kier molecular flexibility index (Phi) is 5.63. The summed E-state index contributed by atoms with van der Waals surface area (Å²) in [4.78, 5) is 25.3. The first-order valence-corrected chi connectivity index (χ1v) is 13.5. The lowest BCUT2D eigenvalue weighted by molar-refractivity contribution is 0.0767. The number of pyridine rings is 1. The van der Waals surface area contributed by atoms with Crippen LogP contribution >= 0.6 is 0 Å². The lowest BCUT2D eigenvalue weighted by Gasteiger charge is -2.37. The van der Waals surface area contributed by atoms with Crippen molar-refractivity contribution in [1.29, 1.82) is 0 Å². The van der Waals surface area contributed by atoms with Crippen LogP contribution in [0.25, 0.3) is 33.5 Å². The van der Waals surface area contributed by atoms with Gasteiger partial charge in [-0.05, 0) is 93.4 Å². The Morgan fingerprint density at radius 1 is 1.10 bits per heavy atom. The summed E-state index contributed by atoms with van der Waals surface area (Å²) in [5.74, 6) is 1.17. The molecule has 1 saturated carbocycles. The van der Waals surface area contributed by atoms with Crippen LogP contribution < -0.4 is 10.1 Å². The Hall–Kier alpha value is -4.23. The standard InChI is InChI=1S/C32H30N4O3/c1-20-9-10-23(38-19-22-11-15-36(22)2)18-25(20)30(37)35-32(12-13-32)26-16-21(17-28-24(26)6-5-14-33-28)31-34-27-7-3-4-8-29(27)39-31/h3-10,14,16-18,22H,11-13,15,19H2,1-2H3,(H,35,37)/t22-/m0/s1. The van der Waals surface area contributed by atoms with E-state index in [9.17, 15) is 4.79 Å². The van der Waals surface area contributed by atoms with Gasteiger partial charge in [0.25, 0.3) is 5.91 Å². The van der Waals surface area contributed by atoms with Gasteiger partial charge in [0, 0.05) is 28.8 Å². The monoisotopic (exact) mass is 518 g/mol. The number of para-hydroxylation sites is 2. The van der Waals surface area contributed by atoms with E-state index < -0.39 is 5.54 Å². The van der Waals surface area contributed by atoms with E-state index in [0.717, 1.165) is 70.2 Å². The molecule has 196 valence electrons. The van der Waals surface area contributed by atoms with E-state index in [4.69, 9.17) is 14.1 Å². The topological polar surface area (TPSA) is 80.5 Å². The molecule has 3 aromatic carbocycles. The minimum atomic E-state index is -0.474. The van der Waals surface area contributed by atoms with Crippen molar-refractivity contribution in [3.63, 3.8) is 0 Å². The first kappa shape index (κ1) is 23.9. The number of fused-ring (bicyclic) bond motifs is 2. The summed E-state index contributed by atoms with van der Waals surface area (Å²) in [5, 5.41) is 4.40. The molecule has 1 N–H and O–H groups in total. The maximum absolute atomic E-state index is 13.7. The molecule has 0 spiro atoms. The molecule has 1 aliphatic heterocycles. The van der Waals surface area contributed by atoms with Crippen LogP contribution in [0.5, 0.6) is 5.75 Å². The van der Waals surface area contributed by atoms with Crippen LogP contribution in [0.1, 0.15) is 40.7 Å². The highest BCUT2D eigenvalue weighted by Crippen LogP contribution is 2.49. The van der Waals surface area contributed by atoms with Crippen LogP contribution in [0.2, 0.25) is 0 Å². The average molecular weight is 519 g/mol. The van der Waals surface area contributed by atoms with Crippen molar-refractivity contribution in [3.05, 3.63) is 89.6 Å². The number of aryl methyl sites for hydroxylation is 1. The number of hydrogen-bond acceptors (Lipinski definition) is 6. The number of oxazole rings is 1. The number of hydrogen-bond donors (Lipinski definition) is 1. The zero-order valence-corrected chi connectivity index (χ0v) is 22.1. The minimum Gasteiger partial charge on any atom is -0.492 e. The van der Waals surface area contributed by atoms with E-state index in [0.29, 0.717) is 24.1 Å². The number of amides is 1. The molecule has 7 rings (SSSR count). The molecule has 5 aromatic rings. The number of ether oxygens (including phenoxy) is 1. The molecule has 1 aliphatic carbocycles. The maximum atomic E-state index is 13.7. The molecule has 7 heteroatoms. The number of nitrogens with zero attached hydrogens (tertiary/aromatic N) is 3. The number of benzene rings is 3. The molecule has 1 saturated heterocycles. The summed E-state index contributed by atoms with van der Waals surface area (Å²) in [6.07, 6.45) is 4.63. The number of likely N-dealkylation sites (tertiary alicyclic amines) is 1. The third kappa shape index (κ3) is 4.33. The van der Waals surface area contributed by atoms with Gasteiger partial charge in [0.2, 0.25) is 5.89 Å². The molecule has 0 unspecified atom stereocenters. The zero-order chi connectivity index (χ0) is 26.6. The summed E-state index contributed by atoms with van der Waals surface area (Å²) in [6, 6.07) is 22.1. The van der Waals surface area contributed by atoms with Gasteiger partial charge in [0.15, 0.2) is 5.58 Å². The van der Waals surface area contributed by atoms with Crippen LogP contribution in [0.3, 0.4) is 0 Å². The molecule has 2 aliphatic rings. The van der Waals surface area contributed by atoms with Crippen LogP contribution in [-0.4, -0.2) is 47.0 Å².